The summed E-state index contributed by atoms with van der Waals surface area (Å²) in [6.07, 6.45) is 7.72. The second-order valence-corrected chi connectivity index (χ2v) is 5.10. The molecule has 0 radical (unpaired) electrons. The van der Waals surface area contributed by atoms with Gasteiger partial charge >= 0.3 is 0 Å². The van der Waals surface area contributed by atoms with E-state index in [0.717, 1.165) is 5.69 Å². The van der Waals surface area contributed by atoms with Gasteiger partial charge in [0.25, 0.3) is 0 Å². The van der Waals surface area contributed by atoms with Gasteiger partial charge in [-0.1, -0.05) is 36.4 Å². The summed E-state index contributed by atoms with van der Waals surface area (Å²) in [4.78, 5) is 5.40. The Balaban J connectivity index is 2.19. The van der Waals surface area contributed by atoms with Crippen molar-refractivity contribution < 1.29 is 0 Å². The number of benzene rings is 2. The molecule has 2 nitrogen and oxygen atoms in total. The van der Waals surface area contributed by atoms with Crippen LogP contribution in [0.2, 0.25) is 0 Å². The highest BCUT2D eigenvalue weighted by Gasteiger charge is 2.07. The first-order valence-electron chi connectivity index (χ1n) is 6.10. The number of aromatic nitrogens is 2. The lowest BCUT2D eigenvalue weighted by Gasteiger charge is -2.12. The van der Waals surface area contributed by atoms with Crippen molar-refractivity contribution in [2.45, 2.75) is 4.90 Å². The van der Waals surface area contributed by atoms with Crippen molar-refractivity contribution in [3.63, 3.8) is 0 Å². The Morgan fingerprint density at radius 2 is 1.89 bits per heavy atom. The van der Waals surface area contributed by atoms with Crippen LogP contribution < -0.4 is 0 Å². The van der Waals surface area contributed by atoms with Crippen LogP contribution >= 0.6 is 11.8 Å². The minimum absolute atomic E-state index is 1.16. The number of hydrogen-bond donors (Lipinski definition) is 0. The molecule has 2 aromatic carbocycles. The van der Waals surface area contributed by atoms with E-state index in [4.69, 9.17) is 0 Å². The third-order valence-electron chi connectivity index (χ3n) is 3.07. The highest BCUT2D eigenvalue weighted by molar-refractivity contribution is 7.98. The molecular weight excluding hydrogens is 252 g/mol. The van der Waals surface area contributed by atoms with Gasteiger partial charge < -0.3 is 4.57 Å². The van der Waals surface area contributed by atoms with Gasteiger partial charge in [-0.2, -0.15) is 0 Å². The summed E-state index contributed by atoms with van der Waals surface area (Å²) < 4.78 is 2.06. The van der Waals surface area contributed by atoms with Crippen LogP contribution in [0.15, 0.2) is 72.1 Å². The molecule has 0 amide bonds. The molecule has 3 heteroatoms. The molecule has 0 spiro atoms. The van der Waals surface area contributed by atoms with Crippen LogP contribution in [-0.4, -0.2) is 15.8 Å². The van der Waals surface area contributed by atoms with E-state index in [0.29, 0.717) is 0 Å². The van der Waals surface area contributed by atoms with Crippen molar-refractivity contribution in [1.29, 1.82) is 0 Å². The first-order valence-corrected chi connectivity index (χ1v) is 7.33. The zero-order valence-electron chi connectivity index (χ0n) is 10.7. The maximum Gasteiger partial charge on any atom is 0.0991 e. The van der Waals surface area contributed by atoms with Gasteiger partial charge in [-0.25, -0.2) is 4.98 Å². The van der Waals surface area contributed by atoms with Gasteiger partial charge in [0.2, 0.25) is 0 Å². The van der Waals surface area contributed by atoms with Gasteiger partial charge in [0.15, 0.2) is 0 Å². The van der Waals surface area contributed by atoms with Crippen molar-refractivity contribution in [1.82, 2.24) is 9.55 Å². The number of thioether (sulfide) groups is 1. The third-order valence-corrected chi connectivity index (χ3v) is 3.80. The molecule has 0 aliphatic carbocycles. The molecule has 0 saturated carbocycles. The maximum atomic E-state index is 4.14. The van der Waals surface area contributed by atoms with Gasteiger partial charge in [-0.3, -0.25) is 0 Å². The van der Waals surface area contributed by atoms with Crippen LogP contribution in [0.5, 0.6) is 0 Å². The third kappa shape index (κ3) is 2.42. The number of rotatable bonds is 3. The highest BCUT2D eigenvalue weighted by atomic mass is 32.2. The smallest absolute Gasteiger partial charge is 0.0991 e. The fourth-order valence-electron chi connectivity index (χ4n) is 2.12. The van der Waals surface area contributed by atoms with Crippen molar-refractivity contribution in [3.05, 3.63) is 67.3 Å². The molecule has 3 aromatic rings. The highest BCUT2D eigenvalue weighted by Crippen LogP contribution is 2.30. The standard InChI is InChI=1S/C16H14N2S/c1-19-14-7-8-15(13-5-3-2-4-6-13)16(11-14)18-10-9-17-12-18/h2-12H,1H3. The Bertz CT molecular complexity index is 660. The lowest BCUT2D eigenvalue weighted by molar-refractivity contribution is 1.05. The van der Waals surface area contributed by atoms with E-state index >= 15 is 0 Å². The first kappa shape index (κ1) is 12.1. The predicted molar refractivity (Wildman–Crippen MR) is 80.8 cm³/mol. The summed E-state index contributed by atoms with van der Waals surface area (Å²) in [5, 5.41) is 0. The SMILES string of the molecule is CSc1ccc(-c2ccccc2)c(-n2ccnc2)c1. The van der Waals surface area contributed by atoms with E-state index in [-0.39, 0.29) is 0 Å². The molecule has 1 heterocycles. The molecule has 0 fully saturated rings. The number of hydrogen-bond acceptors (Lipinski definition) is 2. The largest absolute Gasteiger partial charge is 0.306 e. The molecule has 0 N–H and O–H groups in total. The van der Waals surface area contributed by atoms with E-state index in [1.165, 1.54) is 16.0 Å². The van der Waals surface area contributed by atoms with E-state index in [1.54, 1.807) is 18.0 Å². The zero-order chi connectivity index (χ0) is 13.1. The van der Waals surface area contributed by atoms with Gasteiger partial charge in [0, 0.05) is 22.9 Å². The minimum atomic E-state index is 1.16. The second kappa shape index (κ2) is 5.33. The summed E-state index contributed by atoms with van der Waals surface area (Å²) >= 11 is 1.75. The Morgan fingerprint density at radius 3 is 2.58 bits per heavy atom. The van der Waals surface area contributed by atoms with Gasteiger partial charge in [-0.15, -0.1) is 11.8 Å². The molecular formula is C16H14N2S. The molecule has 0 aliphatic rings. The predicted octanol–water partition coefficient (Wildman–Crippen LogP) is 4.26. The molecule has 19 heavy (non-hydrogen) atoms. The van der Waals surface area contributed by atoms with E-state index < -0.39 is 0 Å². The minimum Gasteiger partial charge on any atom is -0.306 e. The van der Waals surface area contributed by atoms with Crippen molar-refractivity contribution >= 4 is 11.8 Å². The van der Waals surface area contributed by atoms with Crippen LogP contribution in [0.25, 0.3) is 16.8 Å². The Hall–Kier alpha value is -2.00. The molecule has 94 valence electrons. The van der Waals surface area contributed by atoms with Crippen LogP contribution in [-0.2, 0) is 0 Å². The molecule has 3 rings (SSSR count). The summed E-state index contributed by atoms with van der Waals surface area (Å²) in [6.45, 7) is 0. The lowest BCUT2D eigenvalue weighted by Crippen LogP contribution is -1.94. The van der Waals surface area contributed by atoms with E-state index in [9.17, 15) is 0 Å². The second-order valence-electron chi connectivity index (χ2n) is 4.22. The molecule has 0 aliphatic heterocycles. The molecule has 0 unspecified atom stereocenters. The maximum absolute atomic E-state index is 4.14. The van der Waals surface area contributed by atoms with Crippen LogP contribution in [0, 0.1) is 0 Å². The quantitative estimate of drug-likeness (QED) is 0.659. The fraction of sp³-hybridized carbons (Fsp3) is 0.0625. The summed E-state index contributed by atoms with van der Waals surface area (Å²) in [5.74, 6) is 0. The average Bonchev–Trinajstić information content (AvgIpc) is 3.01. The molecule has 0 saturated heterocycles. The lowest BCUT2D eigenvalue weighted by atomic mass is 10.0. The molecule has 0 bridgehead atoms. The van der Waals surface area contributed by atoms with Crippen molar-refractivity contribution in [3.8, 4) is 16.8 Å². The number of imidazole rings is 1. The van der Waals surface area contributed by atoms with Crippen LogP contribution in [0.3, 0.4) is 0 Å². The fourth-order valence-corrected chi connectivity index (χ4v) is 2.55. The Labute approximate surface area is 117 Å². The van der Waals surface area contributed by atoms with E-state index in [2.05, 4.69) is 58.3 Å². The summed E-state index contributed by atoms with van der Waals surface area (Å²) in [7, 11) is 0. The van der Waals surface area contributed by atoms with Gasteiger partial charge in [-0.05, 0) is 24.0 Å². The normalized spacial score (nSPS) is 10.6. The average molecular weight is 266 g/mol. The van der Waals surface area contributed by atoms with Crippen LogP contribution in [0.4, 0.5) is 0 Å². The Kier molecular flexibility index (Phi) is 3.38. The summed E-state index contributed by atoms with van der Waals surface area (Å²) in [6, 6.07) is 17.0. The van der Waals surface area contributed by atoms with Crippen molar-refractivity contribution in [2.75, 3.05) is 6.26 Å². The summed E-state index contributed by atoms with van der Waals surface area (Å²) in [5.41, 5.74) is 3.60. The first-order chi connectivity index (χ1) is 9.38. The van der Waals surface area contributed by atoms with Gasteiger partial charge in [0.1, 0.15) is 0 Å². The molecule has 0 atom stereocenters. The van der Waals surface area contributed by atoms with Gasteiger partial charge in [0.05, 0.1) is 12.0 Å². The van der Waals surface area contributed by atoms with Crippen molar-refractivity contribution in [2.24, 2.45) is 0 Å². The zero-order valence-corrected chi connectivity index (χ0v) is 11.5. The molecule has 1 aromatic heterocycles. The number of nitrogens with zero attached hydrogens (tertiary/aromatic N) is 2. The van der Waals surface area contributed by atoms with Crippen LogP contribution in [0.1, 0.15) is 0 Å². The monoisotopic (exact) mass is 266 g/mol. The topological polar surface area (TPSA) is 17.8 Å². The Morgan fingerprint density at radius 1 is 1.05 bits per heavy atom. The van der Waals surface area contributed by atoms with E-state index in [1.807, 2.05) is 18.6 Å².